The Morgan fingerprint density at radius 3 is 2.77 bits per heavy atom. The molecule has 0 rings (SSSR count). The van der Waals surface area contributed by atoms with Crippen LogP contribution in [0.5, 0.6) is 0 Å². The number of esters is 1. The van der Waals surface area contributed by atoms with Gasteiger partial charge in [0.15, 0.2) is 0 Å². The molecule has 0 amide bonds. The van der Waals surface area contributed by atoms with Gasteiger partial charge in [-0.3, -0.25) is 4.79 Å². The zero-order chi connectivity index (χ0) is 9.94. The standard InChI is InChI=1S/C9H18O3S/c1-2-12-9(11)8-13-7-5-3-4-6-10/h10H,2-8H2,1H3. The van der Waals surface area contributed by atoms with E-state index in [9.17, 15) is 4.79 Å². The SMILES string of the molecule is CCOC(=O)CSCCCCCO. The van der Waals surface area contributed by atoms with Gasteiger partial charge < -0.3 is 9.84 Å². The molecule has 0 aliphatic rings. The van der Waals surface area contributed by atoms with Gasteiger partial charge in [-0.25, -0.2) is 0 Å². The van der Waals surface area contributed by atoms with Gasteiger partial charge in [-0.2, -0.15) is 11.8 Å². The van der Waals surface area contributed by atoms with Gasteiger partial charge in [0.05, 0.1) is 12.4 Å². The molecule has 0 aromatic carbocycles. The van der Waals surface area contributed by atoms with Crippen LogP contribution in [-0.4, -0.2) is 35.8 Å². The number of hydrogen-bond acceptors (Lipinski definition) is 4. The van der Waals surface area contributed by atoms with Gasteiger partial charge in [-0.05, 0) is 25.5 Å². The third-order valence-corrected chi connectivity index (χ3v) is 2.49. The third kappa shape index (κ3) is 9.70. The highest BCUT2D eigenvalue weighted by Crippen LogP contribution is 2.06. The molecule has 0 spiro atoms. The number of ether oxygens (including phenoxy) is 1. The van der Waals surface area contributed by atoms with Crippen molar-refractivity contribution >= 4 is 17.7 Å². The van der Waals surface area contributed by atoms with Crippen molar-refractivity contribution in [2.24, 2.45) is 0 Å². The van der Waals surface area contributed by atoms with Crippen molar-refractivity contribution in [2.45, 2.75) is 26.2 Å². The molecule has 0 heterocycles. The smallest absolute Gasteiger partial charge is 0.315 e. The van der Waals surface area contributed by atoms with Crippen LogP contribution < -0.4 is 0 Å². The quantitative estimate of drug-likeness (QED) is 0.482. The van der Waals surface area contributed by atoms with Gasteiger partial charge in [-0.1, -0.05) is 6.42 Å². The highest BCUT2D eigenvalue weighted by molar-refractivity contribution is 7.99. The first kappa shape index (κ1) is 12.8. The van der Waals surface area contributed by atoms with Crippen LogP contribution >= 0.6 is 11.8 Å². The van der Waals surface area contributed by atoms with Crippen LogP contribution in [0.25, 0.3) is 0 Å². The van der Waals surface area contributed by atoms with Crippen LogP contribution in [0.3, 0.4) is 0 Å². The normalized spacial score (nSPS) is 10.0. The Hall–Kier alpha value is -0.220. The Kier molecular flexibility index (Phi) is 9.70. The lowest BCUT2D eigenvalue weighted by Gasteiger charge is -2.01. The Labute approximate surface area is 83.9 Å². The van der Waals surface area contributed by atoms with E-state index in [1.54, 1.807) is 11.8 Å². The summed E-state index contributed by atoms with van der Waals surface area (Å²) in [7, 11) is 0. The number of aliphatic hydroxyl groups is 1. The molecule has 0 atom stereocenters. The second-order valence-electron chi connectivity index (χ2n) is 2.64. The monoisotopic (exact) mass is 206 g/mol. The predicted molar refractivity (Wildman–Crippen MR) is 54.9 cm³/mol. The first-order valence-corrected chi connectivity index (χ1v) is 5.81. The molecule has 0 unspecified atom stereocenters. The minimum Gasteiger partial charge on any atom is -0.465 e. The minimum absolute atomic E-state index is 0.130. The molecule has 78 valence electrons. The van der Waals surface area contributed by atoms with Gasteiger partial charge in [-0.15, -0.1) is 0 Å². The number of carbonyl (C=O) groups is 1. The Balaban J connectivity index is 3.02. The fraction of sp³-hybridized carbons (Fsp3) is 0.889. The van der Waals surface area contributed by atoms with E-state index in [2.05, 4.69) is 0 Å². The molecule has 13 heavy (non-hydrogen) atoms. The molecule has 1 N–H and O–H groups in total. The lowest BCUT2D eigenvalue weighted by Crippen LogP contribution is -2.06. The molecule has 0 saturated carbocycles. The number of hydrogen-bond donors (Lipinski definition) is 1. The topological polar surface area (TPSA) is 46.5 Å². The second-order valence-corrected chi connectivity index (χ2v) is 3.75. The summed E-state index contributed by atoms with van der Waals surface area (Å²) >= 11 is 1.60. The lowest BCUT2D eigenvalue weighted by atomic mass is 10.3. The van der Waals surface area contributed by atoms with E-state index < -0.39 is 0 Å². The highest BCUT2D eigenvalue weighted by Gasteiger charge is 2.00. The van der Waals surface area contributed by atoms with E-state index in [4.69, 9.17) is 9.84 Å². The van der Waals surface area contributed by atoms with E-state index >= 15 is 0 Å². The van der Waals surface area contributed by atoms with Crippen LogP contribution in [0.2, 0.25) is 0 Å². The summed E-state index contributed by atoms with van der Waals surface area (Å²) in [6, 6.07) is 0. The molecule has 0 aliphatic carbocycles. The molecule has 0 radical (unpaired) electrons. The molecule has 0 saturated heterocycles. The summed E-state index contributed by atoms with van der Waals surface area (Å²) in [4.78, 5) is 10.8. The fourth-order valence-electron chi connectivity index (χ4n) is 0.851. The molecule has 0 aromatic rings. The van der Waals surface area contributed by atoms with Gasteiger partial charge in [0.1, 0.15) is 0 Å². The minimum atomic E-state index is -0.130. The highest BCUT2D eigenvalue weighted by atomic mass is 32.2. The van der Waals surface area contributed by atoms with E-state index in [1.165, 1.54) is 0 Å². The fourth-order valence-corrected chi connectivity index (χ4v) is 1.65. The molecular formula is C9H18O3S. The average molecular weight is 206 g/mol. The molecule has 3 nitrogen and oxygen atoms in total. The molecule has 0 aliphatic heterocycles. The van der Waals surface area contributed by atoms with Crippen molar-refractivity contribution < 1.29 is 14.6 Å². The number of unbranched alkanes of at least 4 members (excludes halogenated alkanes) is 2. The molecule has 0 aromatic heterocycles. The van der Waals surface area contributed by atoms with Gasteiger partial charge in [0.2, 0.25) is 0 Å². The summed E-state index contributed by atoms with van der Waals surface area (Å²) < 4.78 is 4.77. The van der Waals surface area contributed by atoms with Crippen LogP contribution in [0.4, 0.5) is 0 Å². The Morgan fingerprint density at radius 1 is 1.38 bits per heavy atom. The van der Waals surface area contributed by atoms with Gasteiger partial charge in [0, 0.05) is 6.61 Å². The van der Waals surface area contributed by atoms with E-state index in [0.717, 1.165) is 25.0 Å². The Morgan fingerprint density at radius 2 is 2.15 bits per heavy atom. The molecule has 4 heteroatoms. The maximum Gasteiger partial charge on any atom is 0.315 e. The van der Waals surface area contributed by atoms with Gasteiger partial charge in [0.25, 0.3) is 0 Å². The zero-order valence-corrected chi connectivity index (χ0v) is 8.94. The number of rotatable bonds is 8. The predicted octanol–water partition coefficient (Wildman–Crippen LogP) is 1.45. The van der Waals surface area contributed by atoms with Crippen LogP contribution in [0.15, 0.2) is 0 Å². The van der Waals surface area contributed by atoms with E-state index in [1.807, 2.05) is 6.92 Å². The van der Waals surface area contributed by atoms with Crippen LogP contribution in [0.1, 0.15) is 26.2 Å². The van der Waals surface area contributed by atoms with E-state index in [-0.39, 0.29) is 12.6 Å². The lowest BCUT2D eigenvalue weighted by molar-refractivity contribution is -0.139. The number of aliphatic hydroxyl groups excluding tert-OH is 1. The first-order valence-electron chi connectivity index (χ1n) is 4.65. The zero-order valence-electron chi connectivity index (χ0n) is 8.12. The van der Waals surface area contributed by atoms with Crippen molar-refractivity contribution in [3.63, 3.8) is 0 Å². The van der Waals surface area contributed by atoms with Crippen molar-refractivity contribution in [3.05, 3.63) is 0 Å². The molecule has 0 fully saturated rings. The number of thioether (sulfide) groups is 1. The molecule has 0 bridgehead atoms. The Bertz CT molecular complexity index is 128. The summed E-state index contributed by atoms with van der Waals surface area (Å²) in [6.07, 6.45) is 2.96. The van der Waals surface area contributed by atoms with Crippen LogP contribution in [0, 0.1) is 0 Å². The van der Waals surface area contributed by atoms with Crippen molar-refractivity contribution in [2.75, 3.05) is 24.7 Å². The maximum atomic E-state index is 10.8. The summed E-state index contributed by atoms with van der Waals surface area (Å²) in [5, 5.41) is 8.50. The second kappa shape index (κ2) is 9.86. The van der Waals surface area contributed by atoms with Crippen molar-refractivity contribution in [1.82, 2.24) is 0 Å². The first-order chi connectivity index (χ1) is 6.31. The average Bonchev–Trinajstić information content (AvgIpc) is 2.11. The summed E-state index contributed by atoms with van der Waals surface area (Å²) in [6.45, 7) is 2.54. The van der Waals surface area contributed by atoms with Crippen molar-refractivity contribution in [1.29, 1.82) is 0 Å². The molecular weight excluding hydrogens is 188 g/mol. The van der Waals surface area contributed by atoms with Crippen molar-refractivity contribution in [3.8, 4) is 0 Å². The largest absolute Gasteiger partial charge is 0.465 e. The summed E-state index contributed by atoms with van der Waals surface area (Å²) in [5.74, 6) is 1.29. The number of carbonyl (C=O) groups excluding carboxylic acids is 1. The summed E-state index contributed by atoms with van der Waals surface area (Å²) in [5.41, 5.74) is 0. The van der Waals surface area contributed by atoms with Gasteiger partial charge >= 0.3 is 5.97 Å². The maximum absolute atomic E-state index is 10.8. The van der Waals surface area contributed by atoms with E-state index in [0.29, 0.717) is 12.4 Å². The van der Waals surface area contributed by atoms with Crippen LogP contribution in [-0.2, 0) is 9.53 Å². The third-order valence-electron chi connectivity index (χ3n) is 1.47.